The maximum atomic E-state index is 11.3. The minimum Gasteiger partial charge on any atom is -0.496 e. The molecule has 0 saturated heterocycles. The molecular weight excluding hydrogens is 276 g/mol. The number of methoxy groups -OCH3 is 1. The first-order chi connectivity index (χ1) is 10.7. The maximum absolute atomic E-state index is 11.3. The predicted octanol–water partition coefficient (Wildman–Crippen LogP) is 3.64. The van der Waals surface area contributed by atoms with Gasteiger partial charge >= 0.3 is 0 Å². The Bertz CT molecular complexity index is 731. The molecule has 112 valence electrons. The van der Waals surface area contributed by atoms with Crippen LogP contribution in [0.3, 0.4) is 0 Å². The number of ketones is 2. The lowest BCUT2D eigenvalue weighted by atomic mass is 10.1. The molecule has 4 rings (SSSR count). The molecule has 0 amide bonds. The molecule has 0 aliphatic heterocycles. The number of carbonyl (C=O) groups excluding carboxylic acids is 2. The lowest BCUT2D eigenvalue weighted by Gasteiger charge is -2.04. The predicted molar refractivity (Wildman–Crippen MR) is 84.7 cm³/mol. The van der Waals surface area contributed by atoms with Crippen LogP contribution in [-0.2, 0) is 12.8 Å². The van der Waals surface area contributed by atoms with Crippen LogP contribution in [0.15, 0.2) is 42.5 Å². The zero-order chi connectivity index (χ0) is 15.5. The highest BCUT2D eigenvalue weighted by Crippen LogP contribution is 2.29. The molecule has 2 aliphatic carbocycles. The third-order valence-electron chi connectivity index (χ3n) is 4.19. The summed E-state index contributed by atoms with van der Waals surface area (Å²) in [7, 11) is 1.64. The van der Waals surface area contributed by atoms with Crippen molar-refractivity contribution in [3.05, 3.63) is 64.7 Å². The quantitative estimate of drug-likeness (QED) is 0.806. The summed E-state index contributed by atoms with van der Waals surface area (Å²) < 4.78 is 5.15. The summed E-state index contributed by atoms with van der Waals surface area (Å²) in [6.45, 7) is 0. The number of hydrogen-bond acceptors (Lipinski definition) is 3. The number of aryl methyl sites for hydroxylation is 1. The van der Waals surface area contributed by atoms with Crippen molar-refractivity contribution < 1.29 is 14.3 Å². The van der Waals surface area contributed by atoms with E-state index in [0.717, 1.165) is 35.3 Å². The van der Waals surface area contributed by atoms with Gasteiger partial charge < -0.3 is 4.74 Å². The third-order valence-corrected chi connectivity index (χ3v) is 4.19. The normalized spacial score (nSPS) is 15.0. The summed E-state index contributed by atoms with van der Waals surface area (Å²) in [6, 6.07) is 13.5. The van der Waals surface area contributed by atoms with Crippen LogP contribution in [0.5, 0.6) is 5.75 Å². The van der Waals surface area contributed by atoms with E-state index >= 15 is 0 Å². The molecule has 22 heavy (non-hydrogen) atoms. The van der Waals surface area contributed by atoms with Crippen molar-refractivity contribution in [3.63, 3.8) is 0 Å². The van der Waals surface area contributed by atoms with Gasteiger partial charge in [-0.15, -0.1) is 0 Å². The number of fused-ring (bicyclic) bond motifs is 2. The van der Waals surface area contributed by atoms with Crippen LogP contribution in [0.2, 0.25) is 0 Å². The van der Waals surface area contributed by atoms with Crippen molar-refractivity contribution in [1.82, 2.24) is 0 Å². The van der Waals surface area contributed by atoms with Crippen LogP contribution in [-0.4, -0.2) is 18.7 Å². The summed E-state index contributed by atoms with van der Waals surface area (Å²) in [5.41, 5.74) is 4.06. The first-order valence-corrected chi connectivity index (χ1v) is 7.51. The van der Waals surface area contributed by atoms with Crippen LogP contribution in [0.1, 0.15) is 44.7 Å². The summed E-state index contributed by atoms with van der Waals surface area (Å²) in [5.74, 6) is 1.39. The number of ether oxygens (including phenoxy) is 1. The second-order valence-corrected chi connectivity index (χ2v) is 5.49. The zero-order valence-corrected chi connectivity index (χ0v) is 12.6. The molecule has 0 heterocycles. The van der Waals surface area contributed by atoms with E-state index in [4.69, 9.17) is 4.74 Å². The molecular formula is C19H18O3. The molecule has 0 saturated carbocycles. The van der Waals surface area contributed by atoms with Gasteiger partial charge in [0.25, 0.3) is 0 Å². The van der Waals surface area contributed by atoms with Gasteiger partial charge in [0.15, 0.2) is 11.6 Å². The number of carbonyl (C=O) groups is 2. The molecule has 2 aromatic rings. The Kier molecular flexibility index (Phi) is 4.05. The molecule has 0 atom stereocenters. The highest BCUT2D eigenvalue weighted by molar-refractivity contribution is 6.01. The van der Waals surface area contributed by atoms with Crippen molar-refractivity contribution in [2.45, 2.75) is 25.7 Å². The Balaban J connectivity index is 0.000000133. The van der Waals surface area contributed by atoms with E-state index in [2.05, 4.69) is 0 Å². The molecule has 3 heteroatoms. The summed E-state index contributed by atoms with van der Waals surface area (Å²) >= 11 is 0. The van der Waals surface area contributed by atoms with E-state index in [0.29, 0.717) is 18.6 Å². The first-order valence-electron chi connectivity index (χ1n) is 7.51. The minimum atomic E-state index is 0.240. The summed E-state index contributed by atoms with van der Waals surface area (Å²) in [5, 5.41) is 0. The highest BCUT2D eigenvalue weighted by atomic mass is 16.5. The highest BCUT2D eigenvalue weighted by Gasteiger charge is 2.21. The smallest absolute Gasteiger partial charge is 0.163 e. The SMILES string of the molecule is COc1cccc2c1CCC2=O.O=C1CCc2ccccc21. The lowest BCUT2D eigenvalue weighted by Crippen LogP contribution is -1.92. The molecule has 0 aromatic heterocycles. The van der Waals surface area contributed by atoms with E-state index < -0.39 is 0 Å². The minimum absolute atomic E-state index is 0.240. The lowest BCUT2D eigenvalue weighted by molar-refractivity contribution is 0.0986. The largest absolute Gasteiger partial charge is 0.496 e. The standard InChI is InChI=1S/C10H10O2.C9H8O/c1-12-10-4-2-3-7-8(10)5-6-9(7)11;10-9-6-5-7-3-1-2-4-8(7)9/h2-4H,5-6H2,1H3;1-4H,5-6H2. The molecule has 2 aromatic carbocycles. The van der Waals surface area contributed by atoms with E-state index in [-0.39, 0.29) is 5.78 Å². The van der Waals surface area contributed by atoms with Gasteiger partial charge in [0.05, 0.1) is 7.11 Å². The molecule has 0 unspecified atom stereocenters. The fraction of sp³-hybridized carbons (Fsp3) is 0.263. The van der Waals surface area contributed by atoms with Gasteiger partial charge in [0.1, 0.15) is 5.75 Å². The van der Waals surface area contributed by atoms with Crippen LogP contribution < -0.4 is 4.74 Å². The second-order valence-electron chi connectivity index (χ2n) is 5.49. The Labute approximate surface area is 129 Å². The van der Waals surface area contributed by atoms with Gasteiger partial charge in [-0.25, -0.2) is 0 Å². The van der Waals surface area contributed by atoms with Gasteiger partial charge in [-0.1, -0.05) is 36.4 Å². The van der Waals surface area contributed by atoms with Crippen molar-refractivity contribution in [2.75, 3.05) is 7.11 Å². The second kappa shape index (κ2) is 6.14. The fourth-order valence-corrected chi connectivity index (χ4v) is 3.04. The third kappa shape index (κ3) is 2.67. The first kappa shape index (κ1) is 14.5. The Morgan fingerprint density at radius 2 is 1.45 bits per heavy atom. The van der Waals surface area contributed by atoms with Crippen molar-refractivity contribution in [1.29, 1.82) is 0 Å². The monoisotopic (exact) mass is 294 g/mol. The van der Waals surface area contributed by atoms with E-state index in [1.807, 2.05) is 42.5 Å². The Morgan fingerprint density at radius 3 is 2.23 bits per heavy atom. The van der Waals surface area contributed by atoms with Gasteiger partial charge in [-0.2, -0.15) is 0 Å². The number of rotatable bonds is 1. The van der Waals surface area contributed by atoms with E-state index in [9.17, 15) is 9.59 Å². The Hall–Kier alpha value is -2.42. The molecule has 0 fully saturated rings. The molecule has 2 aliphatic rings. The average Bonchev–Trinajstić information content (AvgIpc) is 3.12. The van der Waals surface area contributed by atoms with Crippen molar-refractivity contribution >= 4 is 11.6 Å². The van der Waals surface area contributed by atoms with Crippen LogP contribution in [0, 0.1) is 0 Å². The number of hydrogen-bond donors (Lipinski definition) is 0. The van der Waals surface area contributed by atoms with E-state index in [1.54, 1.807) is 7.11 Å². The van der Waals surface area contributed by atoms with Crippen molar-refractivity contribution in [2.24, 2.45) is 0 Å². The van der Waals surface area contributed by atoms with Gasteiger partial charge in [-0.3, -0.25) is 9.59 Å². The molecule has 0 bridgehead atoms. The van der Waals surface area contributed by atoms with E-state index in [1.165, 1.54) is 5.56 Å². The Morgan fingerprint density at radius 1 is 0.773 bits per heavy atom. The van der Waals surface area contributed by atoms with Crippen molar-refractivity contribution in [3.8, 4) is 5.75 Å². The van der Waals surface area contributed by atoms with Crippen LogP contribution in [0.4, 0.5) is 0 Å². The fourth-order valence-electron chi connectivity index (χ4n) is 3.04. The van der Waals surface area contributed by atoms with Crippen LogP contribution >= 0.6 is 0 Å². The molecule has 0 spiro atoms. The maximum Gasteiger partial charge on any atom is 0.163 e. The average molecular weight is 294 g/mol. The zero-order valence-electron chi connectivity index (χ0n) is 12.6. The molecule has 0 radical (unpaired) electrons. The van der Waals surface area contributed by atoms with Gasteiger partial charge in [0, 0.05) is 29.5 Å². The summed E-state index contributed by atoms with van der Waals surface area (Å²) in [4.78, 5) is 22.3. The number of Topliss-reactive ketones (excluding diaryl/α,β-unsaturated/α-hetero) is 2. The van der Waals surface area contributed by atoms with Crippen LogP contribution in [0.25, 0.3) is 0 Å². The van der Waals surface area contributed by atoms with Gasteiger partial charge in [0.2, 0.25) is 0 Å². The number of benzene rings is 2. The molecule has 3 nitrogen and oxygen atoms in total. The summed E-state index contributed by atoms with van der Waals surface area (Å²) in [6.07, 6.45) is 3.11. The molecule has 0 N–H and O–H groups in total. The van der Waals surface area contributed by atoms with Gasteiger partial charge in [-0.05, 0) is 24.5 Å². The topological polar surface area (TPSA) is 43.4 Å².